The molecule has 1 saturated carbocycles. The van der Waals surface area contributed by atoms with Crippen molar-refractivity contribution in [1.82, 2.24) is 0 Å². The van der Waals surface area contributed by atoms with Gasteiger partial charge in [0.25, 0.3) is 5.79 Å². The Morgan fingerprint density at radius 1 is 1.07 bits per heavy atom. The molecule has 0 aromatic heterocycles. The van der Waals surface area contributed by atoms with Gasteiger partial charge in [0.15, 0.2) is 11.9 Å². The van der Waals surface area contributed by atoms with E-state index in [0.29, 0.717) is 24.6 Å². The molecule has 162 valence electrons. The lowest BCUT2D eigenvalue weighted by Gasteiger charge is -2.62. The van der Waals surface area contributed by atoms with Gasteiger partial charge in [0.05, 0.1) is 6.61 Å². The second kappa shape index (κ2) is 7.05. The fourth-order valence-corrected chi connectivity index (χ4v) is 6.00. The summed E-state index contributed by atoms with van der Waals surface area (Å²) >= 11 is 3.24. The average molecular weight is 473 g/mol. The van der Waals surface area contributed by atoms with Crippen molar-refractivity contribution in [2.45, 2.75) is 82.5 Å². The minimum Gasteiger partial charge on any atom is -0.342 e. The lowest BCUT2D eigenvalue weighted by atomic mass is 9.57. The quantitative estimate of drug-likeness (QED) is 0.329. The molecule has 4 aliphatic heterocycles. The van der Waals surface area contributed by atoms with Gasteiger partial charge in [-0.15, -0.1) is 0 Å². The Balaban J connectivity index is 1.78. The molecule has 4 heterocycles. The average Bonchev–Trinajstić information content (AvgIpc) is 2.84. The third-order valence-electron chi connectivity index (χ3n) is 7.25. The maximum Gasteiger partial charge on any atom is 0.443 e. The number of halogens is 4. The Morgan fingerprint density at radius 2 is 1.82 bits per heavy atom. The molecule has 5 rings (SSSR count). The molecule has 0 amide bonds. The van der Waals surface area contributed by atoms with Gasteiger partial charge in [-0.1, -0.05) is 29.8 Å². The third-order valence-corrected chi connectivity index (χ3v) is 7.81. The number of rotatable bonds is 4. The summed E-state index contributed by atoms with van der Waals surface area (Å²) in [5.74, 6) is -4.94. The van der Waals surface area contributed by atoms with Crippen LogP contribution in [0.25, 0.3) is 0 Å². The van der Waals surface area contributed by atoms with E-state index in [9.17, 15) is 13.2 Å². The molecule has 8 atom stereocenters. The highest BCUT2D eigenvalue weighted by atomic mass is 79.9. The zero-order valence-corrected chi connectivity index (χ0v) is 18.0. The van der Waals surface area contributed by atoms with E-state index in [4.69, 9.17) is 24.0 Å². The fourth-order valence-electron chi connectivity index (χ4n) is 5.77. The lowest BCUT2D eigenvalue weighted by Crippen LogP contribution is -2.76. The van der Waals surface area contributed by atoms with E-state index in [1.807, 2.05) is 0 Å². The minimum absolute atomic E-state index is 0.0109. The molecule has 0 unspecified atom stereocenters. The highest BCUT2D eigenvalue weighted by Gasteiger charge is 2.77. The second-order valence-electron chi connectivity index (χ2n) is 8.87. The summed E-state index contributed by atoms with van der Waals surface area (Å²) in [6.45, 7) is 5.32. The first-order chi connectivity index (χ1) is 13.1. The van der Waals surface area contributed by atoms with Crippen LogP contribution in [0.2, 0.25) is 0 Å². The Labute approximate surface area is 171 Å². The molecule has 28 heavy (non-hydrogen) atoms. The fraction of sp³-hybridized carbons (Fsp3) is 1.00. The molecule has 5 nitrogen and oxygen atoms in total. The van der Waals surface area contributed by atoms with Crippen LogP contribution in [-0.2, 0) is 24.0 Å². The van der Waals surface area contributed by atoms with E-state index >= 15 is 0 Å². The molecule has 4 saturated heterocycles. The molecule has 5 aliphatic rings. The van der Waals surface area contributed by atoms with E-state index < -0.39 is 41.5 Å². The van der Waals surface area contributed by atoms with Gasteiger partial charge >= 0.3 is 6.18 Å². The SMILES string of the molecule is C[C@H]1CC[C@H]2[C@H](C)[C@@](OCCCBr)(C(F)(F)F)O[C@H]3O[C@]4(C)CC[C@@H]1[C@@]32OO4. The Kier molecular flexibility index (Phi) is 5.37. The van der Waals surface area contributed by atoms with Crippen LogP contribution in [0.15, 0.2) is 0 Å². The second-order valence-corrected chi connectivity index (χ2v) is 9.67. The number of alkyl halides is 4. The van der Waals surface area contributed by atoms with E-state index in [1.54, 1.807) is 13.8 Å². The van der Waals surface area contributed by atoms with Gasteiger partial charge < -0.3 is 14.2 Å². The van der Waals surface area contributed by atoms with Crippen molar-refractivity contribution >= 4 is 15.9 Å². The van der Waals surface area contributed by atoms with Crippen molar-refractivity contribution in [1.29, 1.82) is 0 Å². The normalized spacial score (nSPS) is 50.9. The summed E-state index contributed by atoms with van der Waals surface area (Å²) in [5.41, 5.74) is -1.04. The van der Waals surface area contributed by atoms with Crippen LogP contribution in [0.4, 0.5) is 13.2 Å². The van der Waals surface area contributed by atoms with Crippen molar-refractivity contribution in [2.75, 3.05) is 11.9 Å². The zero-order valence-electron chi connectivity index (χ0n) is 16.4. The van der Waals surface area contributed by atoms with Crippen molar-refractivity contribution in [3.8, 4) is 0 Å². The van der Waals surface area contributed by atoms with E-state index in [0.717, 1.165) is 12.8 Å². The topological polar surface area (TPSA) is 46.2 Å². The smallest absolute Gasteiger partial charge is 0.342 e. The van der Waals surface area contributed by atoms with E-state index in [2.05, 4.69) is 22.9 Å². The zero-order chi connectivity index (χ0) is 20.4. The van der Waals surface area contributed by atoms with Crippen molar-refractivity contribution in [3.05, 3.63) is 0 Å². The molecule has 0 aromatic carbocycles. The molecule has 0 radical (unpaired) electrons. The van der Waals surface area contributed by atoms with Crippen molar-refractivity contribution < 1.29 is 37.2 Å². The molecule has 9 heteroatoms. The lowest BCUT2D eigenvalue weighted by molar-refractivity contribution is -0.598. The Hall–Kier alpha value is 0.0700. The number of hydrogen-bond acceptors (Lipinski definition) is 5. The first-order valence-electron chi connectivity index (χ1n) is 10.1. The van der Waals surface area contributed by atoms with E-state index in [1.165, 1.54) is 0 Å². The van der Waals surface area contributed by atoms with Crippen LogP contribution in [0.1, 0.15) is 52.9 Å². The number of ether oxygens (including phenoxy) is 3. The van der Waals surface area contributed by atoms with Gasteiger partial charge in [-0.25, -0.2) is 9.78 Å². The van der Waals surface area contributed by atoms with Gasteiger partial charge in [0, 0.05) is 23.6 Å². The van der Waals surface area contributed by atoms with Crippen LogP contribution in [-0.4, -0.2) is 41.6 Å². The van der Waals surface area contributed by atoms with Crippen LogP contribution in [0.3, 0.4) is 0 Å². The van der Waals surface area contributed by atoms with E-state index in [-0.39, 0.29) is 18.4 Å². The summed E-state index contributed by atoms with van der Waals surface area (Å²) in [6.07, 6.45) is -2.70. The van der Waals surface area contributed by atoms with Gasteiger partial charge in [0.2, 0.25) is 5.79 Å². The summed E-state index contributed by atoms with van der Waals surface area (Å²) in [6, 6.07) is 0. The Morgan fingerprint density at radius 3 is 2.50 bits per heavy atom. The third kappa shape index (κ3) is 2.91. The maximum absolute atomic E-state index is 14.4. The summed E-state index contributed by atoms with van der Waals surface area (Å²) < 4.78 is 60.4. The predicted octanol–water partition coefficient (Wildman–Crippen LogP) is 4.93. The molecular weight excluding hydrogens is 445 g/mol. The standard InChI is InChI=1S/C19H28BrF3O5/c1-11-5-6-14-12(2)18(19(21,22)23,24-10-4-9-20)26-15-17(14)13(11)7-8-16(3,25-15)27-28-17/h11-15H,4-10H2,1-3H3/t11-,12-,13-,14-,15+,16-,17-,18-/m0/s1. The van der Waals surface area contributed by atoms with Crippen LogP contribution in [0, 0.1) is 23.7 Å². The van der Waals surface area contributed by atoms with Crippen LogP contribution >= 0.6 is 15.9 Å². The van der Waals surface area contributed by atoms with Gasteiger partial charge in [0.1, 0.15) is 0 Å². The van der Waals surface area contributed by atoms with Gasteiger partial charge in [-0.3, -0.25) is 0 Å². The summed E-state index contributed by atoms with van der Waals surface area (Å²) in [4.78, 5) is 11.6. The molecule has 1 aliphatic carbocycles. The molecule has 0 N–H and O–H groups in total. The largest absolute Gasteiger partial charge is 0.443 e. The molecular formula is C19H28BrF3O5. The van der Waals surface area contributed by atoms with Gasteiger partial charge in [-0.05, 0) is 44.4 Å². The first-order valence-corrected chi connectivity index (χ1v) is 11.2. The van der Waals surface area contributed by atoms with Crippen molar-refractivity contribution in [3.63, 3.8) is 0 Å². The molecule has 0 aromatic rings. The molecule has 5 fully saturated rings. The first kappa shape index (κ1) is 21.3. The molecule has 2 bridgehead atoms. The summed E-state index contributed by atoms with van der Waals surface area (Å²) in [7, 11) is 0. The molecule has 1 spiro atoms. The predicted molar refractivity (Wildman–Crippen MR) is 96.2 cm³/mol. The maximum atomic E-state index is 14.4. The monoisotopic (exact) mass is 472 g/mol. The minimum atomic E-state index is -4.70. The van der Waals surface area contributed by atoms with Crippen molar-refractivity contribution in [2.24, 2.45) is 23.7 Å². The Bertz CT molecular complexity index is 607. The van der Waals surface area contributed by atoms with Crippen LogP contribution in [0.5, 0.6) is 0 Å². The van der Waals surface area contributed by atoms with Crippen LogP contribution < -0.4 is 0 Å². The summed E-state index contributed by atoms with van der Waals surface area (Å²) in [5, 5.41) is 0.553. The van der Waals surface area contributed by atoms with Gasteiger partial charge in [-0.2, -0.15) is 13.2 Å². The number of fused-ring (bicyclic) bond motifs is 2. The number of hydrogen-bond donors (Lipinski definition) is 0. The highest BCUT2D eigenvalue weighted by molar-refractivity contribution is 9.09. The highest BCUT2D eigenvalue weighted by Crippen LogP contribution is 2.64.